The monoisotopic (exact) mass is 394 g/mol. The zero-order valence-corrected chi connectivity index (χ0v) is 15.6. The summed E-state index contributed by atoms with van der Waals surface area (Å²) >= 11 is 0. The van der Waals surface area contributed by atoms with Gasteiger partial charge in [-0.1, -0.05) is 6.08 Å². The number of aliphatic hydroxyl groups is 6. The van der Waals surface area contributed by atoms with Gasteiger partial charge in [-0.25, -0.2) is 0 Å². The van der Waals surface area contributed by atoms with Crippen LogP contribution in [0.2, 0.25) is 0 Å². The highest BCUT2D eigenvalue weighted by Gasteiger charge is 2.47. The minimum absolute atomic E-state index is 0.337. The van der Waals surface area contributed by atoms with Gasteiger partial charge < -0.3 is 49.6 Å². The van der Waals surface area contributed by atoms with Crippen LogP contribution in [0.25, 0.3) is 0 Å². The third kappa shape index (κ3) is 5.04. The zero-order chi connectivity index (χ0) is 20.5. The van der Waals surface area contributed by atoms with Crippen molar-refractivity contribution < 1.29 is 49.6 Å². The van der Waals surface area contributed by atoms with Crippen molar-refractivity contribution in [2.45, 2.75) is 87.8 Å². The van der Waals surface area contributed by atoms with Gasteiger partial charge in [-0.2, -0.15) is 0 Å². The fraction of sp³-hybridized carbons (Fsp3) is 0.882. The molecule has 0 aromatic rings. The Balaban J connectivity index is 2.01. The van der Waals surface area contributed by atoms with E-state index in [-0.39, 0.29) is 6.61 Å². The molecule has 0 aromatic heterocycles. The van der Waals surface area contributed by atoms with Gasteiger partial charge in [0.15, 0.2) is 12.6 Å². The van der Waals surface area contributed by atoms with Crippen molar-refractivity contribution in [2.75, 3.05) is 6.61 Å². The quantitative estimate of drug-likeness (QED) is 0.269. The van der Waals surface area contributed by atoms with E-state index in [1.807, 2.05) is 0 Å². The Morgan fingerprint density at radius 1 is 0.852 bits per heavy atom. The first-order chi connectivity index (χ1) is 12.5. The lowest BCUT2D eigenvalue weighted by Gasteiger charge is -2.43. The van der Waals surface area contributed by atoms with Crippen LogP contribution in [0.1, 0.15) is 20.8 Å². The van der Waals surface area contributed by atoms with Crippen LogP contribution < -0.4 is 0 Å². The maximum Gasteiger partial charge on any atom is 0.187 e. The van der Waals surface area contributed by atoms with Gasteiger partial charge >= 0.3 is 0 Å². The van der Waals surface area contributed by atoms with Gasteiger partial charge in [0, 0.05) is 0 Å². The van der Waals surface area contributed by atoms with Crippen LogP contribution in [0.15, 0.2) is 12.7 Å². The molecular formula is C17H30O10. The third-order valence-electron chi connectivity index (χ3n) is 4.81. The van der Waals surface area contributed by atoms with Gasteiger partial charge in [-0.15, -0.1) is 6.58 Å². The normalized spacial score (nSPS) is 46.3. The molecule has 0 saturated carbocycles. The zero-order valence-electron chi connectivity index (χ0n) is 15.6. The van der Waals surface area contributed by atoms with Gasteiger partial charge in [0.2, 0.25) is 0 Å². The van der Waals surface area contributed by atoms with E-state index in [0.717, 1.165) is 0 Å². The van der Waals surface area contributed by atoms with Crippen LogP contribution in [-0.2, 0) is 18.9 Å². The Morgan fingerprint density at radius 3 is 2.00 bits per heavy atom. The molecule has 0 spiro atoms. The molecule has 10 nitrogen and oxygen atoms in total. The Morgan fingerprint density at radius 2 is 1.41 bits per heavy atom. The van der Waals surface area contributed by atoms with Crippen molar-refractivity contribution in [1.82, 2.24) is 0 Å². The maximum absolute atomic E-state index is 10.1. The number of ether oxygens (including phenoxy) is 4. The molecule has 10 atom stereocenters. The molecule has 10 heteroatoms. The second kappa shape index (κ2) is 8.78. The lowest BCUT2D eigenvalue weighted by Crippen LogP contribution is -2.61. The first kappa shape index (κ1) is 22.6. The molecule has 2 heterocycles. The molecule has 158 valence electrons. The molecule has 2 saturated heterocycles. The summed E-state index contributed by atoms with van der Waals surface area (Å²) in [5, 5.41) is 59.7. The summed E-state index contributed by atoms with van der Waals surface area (Å²) in [6, 6.07) is 0. The molecule has 2 aliphatic rings. The van der Waals surface area contributed by atoms with Crippen LogP contribution in [0, 0.1) is 0 Å². The first-order valence-corrected chi connectivity index (χ1v) is 8.81. The molecule has 0 aromatic carbocycles. The van der Waals surface area contributed by atoms with Crippen molar-refractivity contribution >= 4 is 0 Å². The minimum Gasteiger partial charge on any atom is -0.388 e. The molecule has 2 aliphatic heterocycles. The van der Waals surface area contributed by atoms with Crippen molar-refractivity contribution in [3.05, 3.63) is 12.7 Å². The largest absolute Gasteiger partial charge is 0.388 e. The summed E-state index contributed by atoms with van der Waals surface area (Å²) in [6.45, 7) is 8.14. The summed E-state index contributed by atoms with van der Waals surface area (Å²) in [5.74, 6) is 0. The van der Waals surface area contributed by atoms with E-state index in [4.69, 9.17) is 18.9 Å². The van der Waals surface area contributed by atoms with Crippen molar-refractivity contribution in [3.8, 4) is 0 Å². The first-order valence-electron chi connectivity index (χ1n) is 8.81. The molecule has 0 aliphatic carbocycles. The lowest BCUT2D eigenvalue weighted by molar-refractivity contribution is -0.336. The van der Waals surface area contributed by atoms with Gasteiger partial charge in [0.05, 0.1) is 18.3 Å². The molecule has 2 fully saturated rings. The molecule has 2 rings (SSSR count). The van der Waals surface area contributed by atoms with Gasteiger partial charge in [0.1, 0.15) is 42.7 Å². The van der Waals surface area contributed by atoms with E-state index < -0.39 is 67.0 Å². The smallest absolute Gasteiger partial charge is 0.187 e. The van der Waals surface area contributed by atoms with Crippen molar-refractivity contribution in [3.63, 3.8) is 0 Å². The maximum atomic E-state index is 10.1. The summed E-state index contributed by atoms with van der Waals surface area (Å²) in [6.07, 6.45) is -11.7. The van der Waals surface area contributed by atoms with Crippen LogP contribution in [-0.4, -0.2) is 104 Å². The Hall–Kier alpha value is -0.660. The van der Waals surface area contributed by atoms with E-state index >= 15 is 0 Å². The van der Waals surface area contributed by atoms with E-state index in [1.54, 1.807) is 13.8 Å². The third-order valence-corrected chi connectivity index (χ3v) is 4.81. The minimum atomic E-state index is -1.55. The van der Waals surface area contributed by atoms with Gasteiger partial charge in [0.25, 0.3) is 0 Å². The summed E-state index contributed by atoms with van der Waals surface area (Å²) in [7, 11) is 0. The van der Waals surface area contributed by atoms with Crippen LogP contribution in [0.4, 0.5) is 0 Å². The highest BCUT2D eigenvalue weighted by atomic mass is 16.7. The highest BCUT2D eigenvalue weighted by molar-refractivity contribution is 4.94. The molecular weight excluding hydrogens is 364 g/mol. The van der Waals surface area contributed by atoms with Crippen molar-refractivity contribution in [1.29, 1.82) is 0 Å². The van der Waals surface area contributed by atoms with Gasteiger partial charge in [-0.05, 0) is 20.8 Å². The average Bonchev–Trinajstić information content (AvgIpc) is 2.63. The van der Waals surface area contributed by atoms with Crippen LogP contribution >= 0.6 is 0 Å². The second-order valence-corrected chi connectivity index (χ2v) is 7.45. The van der Waals surface area contributed by atoms with Crippen LogP contribution in [0.5, 0.6) is 0 Å². The molecule has 0 amide bonds. The summed E-state index contributed by atoms with van der Waals surface area (Å²) in [4.78, 5) is 0. The Labute approximate surface area is 157 Å². The van der Waals surface area contributed by atoms with Crippen molar-refractivity contribution in [2.24, 2.45) is 0 Å². The molecule has 0 bridgehead atoms. The number of hydrogen-bond donors (Lipinski definition) is 6. The second-order valence-electron chi connectivity index (χ2n) is 7.45. The molecule has 0 radical (unpaired) electrons. The van der Waals surface area contributed by atoms with E-state index in [0.29, 0.717) is 0 Å². The predicted molar refractivity (Wildman–Crippen MR) is 90.3 cm³/mol. The fourth-order valence-corrected chi connectivity index (χ4v) is 2.84. The molecule has 6 N–H and O–H groups in total. The van der Waals surface area contributed by atoms with E-state index in [9.17, 15) is 30.6 Å². The van der Waals surface area contributed by atoms with E-state index in [2.05, 4.69) is 6.58 Å². The lowest BCUT2D eigenvalue weighted by atomic mass is 9.98. The van der Waals surface area contributed by atoms with Gasteiger partial charge in [-0.3, -0.25) is 0 Å². The highest BCUT2D eigenvalue weighted by Crippen LogP contribution is 2.28. The Bertz CT molecular complexity index is 500. The number of rotatable bonds is 6. The standard InChI is InChI=1S/C17H30O10/c1-5-17(3,4)27-16-14(23)12(21)10(19)8(26-16)6-24-15-13(22)11(20)9(18)7(2)25-15/h5,7-16,18-23H,1,6H2,2-4H3/t7-,8+,9-,10+,11+,12-,13+,14+,15+,16-/m0/s1. The van der Waals surface area contributed by atoms with Crippen LogP contribution in [0.3, 0.4) is 0 Å². The number of hydrogen-bond acceptors (Lipinski definition) is 10. The summed E-state index contributed by atoms with van der Waals surface area (Å²) < 4.78 is 21.8. The molecule has 27 heavy (non-hydrogen) atoms. The van der Waals surface area contributed by atoms with E-state index in [1.165, 1.54) is 13.0 Å². The fourth-order valence-electron chi connectivity index (χ4n) is 2.84. The SMILES string of the molecule is C=CC(C)(C)O[C@@H]1O[C@H](CO[C@@H]2O[C@@H](C)[C@H](O)[C@@H](O)[C@H]2O)[C@@H](O)[C@H](O)[C@H]1O. The molecule has 0 unspecified atom stereocenters. The Kier molecular flexibility index (Phi) is 7.36. The topological polar surface area (TPSA) is 158 Å². The summed E-state index contributed by atoms with van der Waals surface area (Å²) in [5.41, 5.74) is -0.864. The average molecular weight is 394 g/mol. The predicted octanol–water partition coefficient (Wildman–Crippen LogP) is -2.38. The number of aliphatic hydroxyl groups excluding tert-OH is 6.